The Balaban J connectivity index is 1.24. The van der Waals surface area contributed by atoms with Crippen molar-refractivity contribution in [1.82, 2.24) is 15.1 Å². The molecule has 13 heteroatoms. The maximum Gasteiger partial charge on any atom is 0.430 e. The number of aryl methyl sites for hydroxylation is 1. The molecule has 2 fully saturated rings. The second kappa shape index (κ2) is 11.9. The van der Waals surface area contributed by atoms with Crippen molar-refractivity contribution in [2.45, 2.75) is 89.0 Å². The zero-order valence-corrected chi connectivity index (χ0v) is 26.8. The van der Waals surface area contributed by atoms with Gasteiger partial charge in [-0.15, -0.1) is 0 Å². The Hall–Kier alpha value is -3.03. The first-order valence-electron chi connectivity index (χ1n) is 15.6. The number of piperazine rings is 1. The van der Waals surface area contributed by atoms with Gasteiger partial charge in [0.2, 0.25) is 5.91 Å². The number of nitrogens with zero attached hydrogens (tertiary/aromatic N) is 3. The third kappa shape index (κ3) is 6.29. The summed E-state index contributed by atoms with van der Waals surface area (Å²) in [5.41, 5.74) is -3.75. The molecule has 0 spiro atoms. The third-order valence-electron chi connectivity index (χ3n) is 9.42. The van der Waals surface area contributed by atoms with Gasteiger partial charge in [0.15, 0.2) is 0 Å². The van der Waals surface area contributed by atoms with Gasteiger partial charge in [0.25, 0.3) is 5.60 Å². The molecule has 3 heterocycles. The fourth-order valence-electron chi connectivity index (χ4n) is 6.98. The van der Waals surface area contributed by atoms with Gasteiger partial charge in [-0.3, -0.25) is 15.0 Å². The van der Waals surface area contributed by atoms with Crippen LogP contribution in [0.25, 0.3) is 0 Å². The van der Waals surface area contributed by atoms with Crippen molar-refractivity contribution in [2.75, 3.05) is 44.3 Å². The molecule has 2 aromatic carbocycles. The number of ether oxygens (including phenoxy) is 1. The predicted molar refractivity (Wildman–Crippen MR) is 162 cm³/mol. The number of fused-ring (bicyclic) bond motifs is 1. The van der Waals surface area contributed by atoms with Gasteiger partial charge in [-0.2, -0.15) is 26.3 Å². The van der Waals surface area contributed by atoms with E-state index in [0.717, 1.165) is 23.8 Å². The number of halogens is 6. The van der Waals surface area contributed by atoms with E-state index in [9.17, 15) is 36.2 Å². The molecule has 5 rings (SSSR count). The third-order valence-corrected chi connectivity index (χ3v) is 9.42. The lowest BCUT2D eigenvalue weighted by Crippen LogP contribution is -2.56. The van der Waals surface area contributed by atoms with Crippen LogP contribution in [-0.2, 0) is 28.8 Å². The van der Waals surface area contributed by atoms with E-state index in [2.05, 4.69) is 43.1 Å². The van der Waals surface area contributed by atoms with E-state index in [1.807, 2.05) is 17.9 Å². The van der Waals surface area contributed by atoms with Crippen LogP contribution >= 0.6 is 0 Å². The van der Waals surface area contributed by atoms with Crippen LogP contribution in [0.2, 0.25) is 0 Å². The summed E-state index contributed by atoms with van der Waals surface area (Å²) in [7, 11) is 0. The minimum absolute atomic E-state index is 0.0498. The highest BCUT2D eigenvalue weighted by Gasteiger charge is 2.71. The second-order valence-electron chi connectivity index (χ2n) is 13.7. The molecular weight excluding hydrogens is 614 g/mol. The highest BCUT2D eigenvalue weighted by Crippen LogP contribution is 2.50. The summed E-state index contributed by atoms with van der Waals surface area (Å²) in [5, 5.41) is 13.5. The quantitative estimate of drug-likeness (QED) is 0.385. The van der Waals surface area contributed by atoms with Crippen molar-refractivity contribution in [3.05, 3.63) is 58.7 Å². The van der Waals surface area contributed by atoms with Crippen LogP contribution in [0.5, 0.6) is 5.75 Å². The molecule has 1 amide bonds. The highest BCUT2D eigenvalue weighted by molar-refractivity contribution is 5.79. The number of hydrogen-bond donors (Lipinski definition) is 2. The van der Waals surface area contributed by atoms with Gasteiger partial charge in [0, 0.05) is 56.6 Å². The molecule has 3 aliphatic heterocycles. The van der Waals surface area contributed by atoms with E-state index in [0.29, 0.717) is 51.0 Å². The highest BCUT2D eigenvalue weighted by atomic mass is 19.4. The number of carbonyl (C=O) groups is 1. The molecule has 2 N–H and O–H groups in total. The molecule has 0 aromatic heterocycles. The van der Waals surface area contributed by atoms with Crippen molar-refractivity contribution in [3.63, 3.8) is 0 Å². The minimum Gasteiger partial charge on any atom is -0.487 e. The van der Waals surface area contributed by atoms with Gasteiger partial charge in [0.05, 0.1) is 12.1 Å². The number of anilines is 1. The SMILES string of the molecule is CCCc1cc(C(O)(C(F)(F)F)C(F)(F)F)ccc1N1CCN(C(=O)CN2CN[C@](C)(c3ccc4c(c3)CC(C)(C)O4)C2)CC1C. The molecule has 46 heavy (non-hydrogen) atoms. The molecule has 2 aromatic rings. The first-order valence-corrected chi connectivity index (χ1v) is 15.6. The van der Waals surface area contributed by atoms with Gasteiger partial charge >= 0.3 is 12.4 Å². The number of alkyl halides is 6. The van der Waals surface area contributed by atoms with Crippen LogP contribution in [-0.4, -0.2) is 84.2 Å². The lowest BCUT2D eigenvalue weighted by atomic mass is 9.89. The summed E-state index contributed by atoms with van der Waals surface area (Å²) in [6, 6.07) is 8.74. The summed E-state index contributed by atoms with van der Waals surface area (Å²) in [5.74, 6) is 0.851. The van der Waals surface area contributed by atoms with E-state index in [1.54, 1.807) is 11.8 Å². The first-order chi connectivity index (χ1) is 21.3. The Kier molecular flexibility index (Phi) is 8.87. The fourth-order valence-corrected chi connectivity index (χ4v) is 6.98. The molecule has 1 unspecified atom stereocenters. The van der Waals surface area contributed by atoms with E-state index in [4.69, 9.17) is 4.74 Å². The van der Waals surface area contributed by atoms with E-state index >= 15 is 0 Å². The number of nitrogens with one attached hydrogen (secondary N) is 1. The summed E-state index contributed by atoms with van der Waals surface area (Å²) < 4.78 is 87.4. The Morgan fingerprint density at radius 2 is 1.74 bits per heavy atom. The standard InChI is InChI=1S/C33H42F6N4O3/c1-6-7-22-14-25(31(45,32(34,35)36)33(37,38)39)8-10-26(22)43-13-12-42(17-21(43)2)28(44)18-41-19-30(5,40-20-41)24-9-11-27-23(15-24)16-29(3,4)46-27/h8-11,14-15,21,40,45H,6-7,12-13,16-20H2,1-5H3/t21?,30-/m0/s1. The number of rotatable bonds is 7. The number of carbonyl (C=O) groups excluding carboxylic acids is 1. The molecular formula is C33H42F6N4O3. The maximum atomic E-state index is 13.6. The van der Waals surface area contributed by atoms with Gasteiger partial charge in [-0.1, -0.05) is 37.6 Å². The lowest BCUT2D eigenvalue weighted by Gasteiger charge is -2.43. The van der Waals surface area contributed by atoms with Crippen molar-refractivity contribution in [3.8, 4) is 5.75 Å². The normalized spacial score (nSPS) is 23.9. The van der Waals surface area contributed by atoms with Crippen LogP contribution in [0, 0.1) is 0 Å². The topological polar surface area (TPSA) is 68.3 Å². The summed E-state index contributed by atoms with van der Waals surface area (Å²) >= 11 is 0. The molecule has 0 bridgehead atoms. The summed E-state index contributed by atoms with van der Waals surface area (Å²) in [4.78, 5) is 19.1. The van der Waals surface area contributed by atoms with E-state index in [1.165, 1.54) is 11.6 Å². The van der Waals surface area contributed by atoms with Crippen LogP contribution in [0.3, 0.4) is 0 Å². The van der Waals surface area contributed by atoms with Crippen LogP contribution in [0.4, 0.5) is 32.0 Å². The number of amides is 1. The molecule has 3 aliphatic rings. The van der Waals surface area contributed by atoms with Crippen LogP contribution in [0.15, 0.2) is 36.4 Å². The van der Waals surface area contributed by atoms with Crippen molar-refractivity contribution in [1.29, 1.82) is 0 Å². The average Bonchev–Trinajstić information content (AvgIpc) is 3.49. The molecule has 7 nitrogen and oxygen atoms in total. The number of aliphatic hydroxyl groups is 1. The predicted octanol–water partition coefficient (Wildman–Crippen LogP) is 5.48. The van der Waals surface area contributed by atoms with Crippen LogP contribution < -0.4 is 15.0 Å². The zero-order valence-electron chi connectivity index (χ0n) is 26.8. The Morgan fingerprint density at radius 1 is 1.04 bits per heavy atom. The first kappa shape index (κ1) is 34.3. The van der Waals surface area contributed by atoms with Crippen LogP contribution in [0.1, 0.15) is 63.3 Å². The fraction of sp³-hybridized carbons (Fsp3) is 0.606. The Bertz CT molecular complexity index is 1450. The van der Waals surface area contributed by atoms with Gasteiger partial charge in [-0.05, 0) is 62.9 Å². The smallest absolute Gasteiger partial charge is 0.430 e. The number of hydrogen-bond acceptors (Lipinski definition) is 6. The molecule has 0 radical (unpaired) electrons. The van der Waals surface area contributed by atoms with E-state index in [-0.39, 0.29) is 41.6 Å². The monoisotopic (exact) mass is 656 g/mol. The zero-order chi connectivity index (χ0) is 33.9. The molecule has 2 saturated heterocycles. The number of benzene rings is 2. The molecule has 2 atom stereocenters. The van der Waals surface area contributed by atoms with Gasteiger partial charge < -0.3 is 19.6 Å². The molecule has 0 aliphatic carbocycles. The van der Waals surface area contributed by atoms with Crippen molar-refractivity contribution in [2.24, 2.45) is 0 Å². The van der Waals surface area contributed by atoms with Crippen molar-refractivity contribution >= 4 is 11.6 Å². The average molecular weight is 657 g/mol. The molecule has 254 valence electrons. The van der Waals surface area contributed by atoms with Crippen molar-refractivity contribution < 1.29 is 41.0 Å². The Labute approximate surface area is 265 Å². The second-order valence-corrected chi connectivity index (χ2v) is 13.7. The maximum absolute atomic E-state index is 13.6. The van der Waals surface area contributed by atoms with Gasteiger partial charge in [0.1, 0.15) is 11.4 Å². The van der Waals surface area contributed by atoms with Gasteiger partial charge in [-0.25, -0.2) is 0 Å². The summed E-state index contributed by atoms with van der Waals surface area (Å²) in [6.45, 7) is 12.3. The largest absolute Gasteiger partial charge is 0.487 e. The summed E-state index contributed by atoms with van der Waals surface area (Å²) in [6.07, 6.45) is -10.4. The van der Waals surface area contributed by atoms with E-state index < -0.39 is 23.5 Å². The Morgan fingerprint density at radius 3 is 2.37 bits per heavy atom. The molecule has 0 saturated carbocycles. The minimum atomic E-state index is -5.95. The lowest BCUT2D eigenvalue weighted by molar-refractivity contribution is -0.376.